The average molecular weight is 283 g/mol. The number of hydrogen-bond acceptors (Lipinski definition) is 3. The Labute approximate surface area is 122 Å². The van der Waals surface area contributed by atoms with Gasteiger partial charge in [0, 0.05) is 17.5 Å². The molecule has 2 unspecified atom stereocenters. The molecule has 1 fully saturated rings. The number of rotatable bonds is 4. The van der Waals surface area contributed by atoms with Gasteiger partial charge in [-0.15, -0.1) is 0 Å². The molecule has 0 aromatic heterocycles. The van der Waals surface area contributed by atoms with E-state index in [2.05, 4.69) is 26.7 Å². The number of benzene rings is 1. The topological polar surface area (TPSA) is 24.5 Å². The maximum Gasteiger partial charge on any atom is 0.515 e. The minimum atomic E-state index is 0.157. The number of ether oxygens (including phenoxy) is 1. The van der Waals surface area contributed by atoms with Crippen LogP contribution >= 0.6 is 11.8 Å². The van der Waals surface area contributed by atoms with Crippen molar-refractivity contribution in [2.24, 2.45) is 0 Å². The minimum Gasteiger partial charge on any atom is -0.371 e. The van der Waals surface area contributed by atoms with Gasteiger partial charge < -0.3 is 9.64 Å². The Kier molecular flexibility index (Phi) is 3.64. The largest absolute Gasteiger partial charge is 0.515 e. The molecule has 1 aromatic rings. The second-order valence-electron chi connectivity index (χ2n) is 4.67. The molecule has 2 atom stereocenters. The first kappa shape index (κ1) is 13.1. The fourth-order valence-electron chi connectivity index (χ4n) is 2.27. The fraction of sp³-hybridized carbons (Fsp3) is 0.333. The summed E-state index contributed by atoms with van der Waals surface area (Å²) < 4.78 is 5.34. The molecule has 100 valence electrons. The van der Waals surface area contributed by atoms with Crippen molar-refractivity contribution in [3.05, 3.63) is 59.0 Å². The van der Waals surface area contributed by atoms with Crippen LogP contribution in [0.15, 0.2) is 41.1 Å². The van der Waals surface area contributed by atoms with E-state index in [0.29, 0.717) is 12.5 Å². The second-order valence-corrected chi connectivity index (χ2v) is 5.89. The molecule has 2 aliphatic heterocycles. The average Bonchev–Trinajstić information content (AvgIpc) is 3.23. The molecule has 0 radical (unpaired) electrons. The zero-order valence-corrected chi connectivity index (χ0v) is 11.6. The molecule has 1 saturated heterocycles. The lowest BCUT2D eigenvalue weighted by molar-refractivity contribution is 0.406. The predicted molar refractivity (Wildman–Crippen MR) is 79.1 cm³/mol. The van der Waals surface area contributed by atoms with Crippen molar-refractivity contribution in [3.63, 3.8) is 0 Å². The molecule has 0 saturated carbocycles. The van der Waals surface area contributed by atoms with Gasteiger partial charge in [-0.05, 0) is 18.6 Å². The third kappa shape index (κ3) is 2.65. The summed E-state index contributed by atoms with van der Waals surface area (Å²) in [4.78, 5) is 10.0. The smallest absolute Gasteiger partial charge is 0.371 e. The molecular formula is C15H13N3OS. The number of fused-ring (bicyclic) bond motifs is 1. The number of epoxide rings is 1. The van der Waals surface area contributed by atoms with Crippen LogP contribution in [-0.4, -0.2) is 24.6 Å². The lowest BCUT2D eigenvalue weighted by Gasteiger charge is -2.24. The van der Waals surface area contributed by atoms with E-state index in [9.17, 15) is 0 Å². The van der Waals surface area contributed by atoms with Crippen molar-refractivity contribution >= 4 is 17.4 Å². The van der Waals surface area contributed by atoms with Crippen LogP contribution in [0.2, 0.25) is 0 Å². The van der Waals surface area contributed by atoms with Gasteiger partial charge in [-0.3, -0.25) is 0 Å². The Balaban J connectivity index is 1.79. The fourth-order valence-corrected chi connectivity index (χ4v) is 3.54. The molecule has 20 heavy (non-hydrogen) atoms. The molecule has 2 heterocycles. The van der Waals surface area contributed by atoms with Gasteiger partial charge in [-0.25, -0.2) is 0 Å². The molecule has 0 N–H and O–H groups in total. The maximum absolute atomic E-state index is 6.94. The van der Waals surface area contributed by atoms with Crippen LogP contribution < -0.4 is 4.90 Å². The quantitative estimate of drug-likeness (QED) is 0.625. The van der Waals surface area contributed by atoms with E-state index < -0.39 is 0 Å². The first-order valence-electron chi connectivity index (χ1n) is 6.41. The van der Waals surface area contributed by atoms with Crippen molar-refractivity contribution in [2.75, 3.05) is 18.1 Å². The van der Waals surface area contributed by atoms with Gasteiger partial charge >= 0.3 is 5.82 Å². The van der Waals surface area contributed by atoms with E-state index in [0.717, 1.165) is 13.2 Å². The molecule has 0 bridgehead atoms. The van der Waals surface area contributed by atoms with E-state index in [1.54, 1.807) is 17.8 Å². The Morgan fingerprint density at radius 2 is 2.15 bits per heavy atom. The van der Waals surface area contributed by atoms with E-state index in [1.807, 2.05) is 12.1 Å². The number of nitrogens with zero attached hydrogens (tertiary/aromatic N) is 3. The van der Waals surface area contributed by atoms with Gasteiger partial charge in [0.05, 0.1) is 23.8 Å². The predicted octanol–water partition coefficient (Wildman–Crippen LogP) is 3.39. The van der Waals surface area contributed by atoms with Crippen molar-refractivity contribution in [3.8, 4) is 0 Å². The van der Waals surface area contributed by atoms with Crippen LogP contribution in [0.3, 0.4) is 0 Å². The Morgan fingerprint density at radius 3 is 2.85 bits per heavy atom. The van der Waals surface area contributed by atoms with Crippen molar-refractivity contribution in [2.45, 2.75) is 22.8 Å². The number of anilines is 1. The summed E-state index contributed by atoms with van der Waals surface area (Å²) in [7, 11) is 0. The van der Waals surface area contributed by atoms with Gasteiger partial charge in [0.25, 0.3) is 0 Å². The monoisotopic (exact) mass is 283 g/mol. The van der Waals surface area contributed by atoms with Crippen LogP contribution in [0, 0.1) is 13.1 Å². The second kappa shape index (κ2) is 5.58. The summed E-state index contributed by atoms with van der Waals surface area (Å²) in [6.07, 6.45) is 2.77. The summed E-state index contributed by atoms with van der Waals surface area (Å²) in [6.45, 7) is 15.6. The molecule has 5 heteroatoms. The normalized spacial score (nSPS) is 22.6. The highest BCUT2D eigenvalue weighted by Gasteiger charge is 2.34. The Morgan fingerprint density at radius 1 is 1.40 bits per heavy atom. The highest BCUT2D eigenvalue weighted by molar-refractivity contribution is 8.00. The molecule has 1 aromatic carbocycles. The molecule has 0 amide bonds. The van der Waals surface area contributed by atoms with Crippen molar-refractivity contribution in [1.82, 2.24) is 0 Å². The van der Waals surface area contributed by atoms with Gasteiger partial charge in [-0.2, -0.15) is 9.69 Å². The highest BCUT2D eigenvalue weighted by Crippen LogP contribution is 2.45. The molecule has 3 rings (SSSR count). The Hall–Kier alpha value is -1.95. The zero-order valence-electron chi connectivity index (χ0n) is 10.8. The van der Waals surface area contributed by atoms with Gasteiger partial charge in [0.1, 0.15) is 13.1 Å². The van der Waals surface area contributed by atoms with Gasteiger partial charge in [0.2, 0.25) is 0 Å². The standard InChI is InChI=1S/C15H13N3OS/c1-16-14(17-2)7-8-15-18(9-11-10-19-11)12-5-3-4-6-13(12)20-15/h3-7,11,15H,8-10H2. The number of thioether (sulfide) groups is 1. The zero-order chi connectivity index (χ0) is 13.9. The van der Waals surface area contributed by atoms with Gasteiger partial charge in [-0.1, -0.05) is 23.9 Å². The highest BCUT2D eigenvalue weighted by atomic mass is 32.2. The first-order chi connectivity index (χ1) is 9.81. The van der Waals surface area contributed by atoms with Crippen molar-refractivity contribution in [1.29, 1.82) is 0 Å². The third-order valence-corrected chi connectivity index (χ3v) is 4.64. The molecule has 0 spiro atoms. The number of hydrogen-bond donors (Lipinski definition) is 0. The van der Waals surface area contributed by atoms with E-state index in [1.165, 1.54) is 10.6 Å². The minimum absolute atomic E-state index is 0.157. The van der Waals surface area contributed by atoms with Crippen LogP contribution in [0.4, 0.5) is 5.69 Å². The lowest BCUT2D eigenvalue weighted by atomic mass is 10.2. The summed E-state index contributed by atoms with van der Waals surface area (Å²) in [5.41, 5.74) is 1.23. The Bertz CT molecular complexity index is 609. The van der Waals surface area contributed by atoms with Crippen LogP contribution in [0.1, 0.15) is 6.42 Å². The number of para-hydroxylation sites is 1. The van der Waals surface area contributed by atoms with E-state index >= 15 is 0 Å². The first-order valence-corrected chi connectivity index (χ1v) is 7.29. The SMILES string of the molecule is [C-]#[N+]C(=CCC1Sc2ccccc2N1CC1CO1)[N+]#[C-]. The lowest BCUT2D eigenvalue weighted by Crippen LogP contribution is -2.32. The summed E-state index contributed by atoms with van der Waals surface area (Å²) in [5.74, 6) is 0.157. The van der Waals surface area contributed by atoms with Crippen molar-refractivity contribution < 1.29 is 4.74 Å². The molecule has 2 aliphatic rings. The summed E-state index contributed by atoms with van der Waals surface area (Å²) >= 11 is 1.80. The molecular weight excluding hydrogens is 270 g/mol. The van der Waals surface area contributed by atoms with Crippen LogP contribution in [0.25, 0.3) is 9.69 Å². The van der Waals surface area contributed by atoms with Gasteiger partial charge in [0.15, 0.2) is 0 Å². The maximum atomic E-state index is 6.94. The van der Waals surface area contributed by atoms with Crippen LogP contribution in [-0.2, 0) is 4.74 Å². The third-order valence-electron chi connectivity index (χ3n) is 3.32. The van der Waals surface area contributed by atoms with E-state index in [-0.39, 0.29) is 11.2 Å². The summed E-state index contributed by atoms with van der Waals surface area (Å²) in [5, 5.41) is 0.245. The van der Waals surface area contributed by atoms with E-state index in [4.69, 9.17) is 17.9 Å². The summed E-state index contributed by atoms with van der Waals surface area (Å²) in [6, 6.07) is 8.33. The molecule has 0 aliphatic carbocycles. The van der Waals surface area contributed by atoms with Crippen LogP contribution in [0.5, 0.6) is 0 Å². The molecule has 4 nitrogen and oxygen atoms in total.